The Morgan fingerprint density at radius 1 is 1.47 bits per heavy atom. The molecule has 0 unspecified atom stereocenters. The van der Waals surface area contributed by atoms with E-state index in [-0.39, 0.29) is 5.76 Å². The number of furan rings is 1. The summed E-state index contributed by atoms with van der Waals surface area (Å²) in [4.78, 5) is 10.7. The van der Waals surface area contributed by atoms with E-state index in [1.807, 2.05) is 0 Å². The number of hydrogen-bond donors (Lipinski definition) is 1. The number of benzene rings is 1. The van der Waals surface area contributed by atoms with Crippen molar-refractivity contribution in [3.8, 4) is 5.75 Å². The lowest BCUT2D eigenvalue weighted by atomic mass is 10.2. The van der Waals surface area contributed by atoms with Gasteiger partial charge in [0.05, 0.1) is 7.11 Å². The van der Waals surface area contributed by atoms with E-state index in [2.05, 4.69) is 15.9 Å². The van der Waals surface area contributed by atoms with Crippen LogP contribution in [0.2, 0.25) is 0 Å². The molecule has 0 saturated carbocycles. The number of carboxylic acid groups (broad SMARTS) is 1. The van der Waals surface area contributed by atoms with Crippen molar-refractivity contribution < 1.29 is 19.1 Å². The molecule has 2 aromatic rings. The number of rotatable bonds is 2. The van der Waals surface area contributed by atoms with Gasteiger partial charge < -0.3 is 14.3 Å². The maximum Gasteiger partial charge on any atom is 0.371 e. The van der Waals surface area contributed by atoms with Crippen LogP contribution < -0.4 is 4.74 Å². The standard InChI is InChI=1S/C10H7BrO4/c1-14-7-4-6(11)2-5-3-8(10(12)13)15-9(5)7/h2-4H,1H3,(H,12,13). The number of ether oxygens (including phenoxy) is 1. The van der Waals surface area contributed by atoms with Crippen molar-refractivity contribution in [1.29, 1.82) is 0 Å². The second-order valence-electron chi connectivity index (χ2n) is 2.94. The highest BCUT2D eigenvalue weighted by Crippen LogP contribution is 2.32. The molecule has 1 aromatic carbocycles. The number of aromatic carboxylic acids is 1. The third kappa shape index (κ3) is 1.70. The van der Waals surface area contributed by atoms with Crippen LogP contribution in [0.25, 0.3) is 11.0 Å². The van der Waals surface area contributed by atoms with E-state index in [1.165, 1.54) is 13.2 Å². The molecule has 5 heteroatoms. The maximum atomic E-state index is 10.7. The summed E-state index contributed by atoms with van der Waals surface area (Å²) in [5.74, 6) is -0.683. The number of carbonyl (C=O) groups is 1. The van der Waals surface area contributed by atoms with Crippen molar-refractivity contribution in [2.75, 3.05) is 7.11 Å². The molecular formula is C10H7BrO4. The van der Waals surface area contributed by atoms with Gasteiger partial charge in [0.2, 0.25) is 5.76 Å². The quantitative estimate of drug-likeness (QED) is 0.912. The maximum absolute atomic E-state index is 10.7. The first-order valence-electron chi connectivity index (χ1n) is 4.12. The second-order valence-corrected chi connectivity index (χ2v) is 3.86. The first-order chi connectivity index (χ1) is 7.11. The smallest absolute Gasteiger partial charge is 0.371 e. The zero-order chi connectivity index (χ0) is 11.0. The minimum atomic E-state index is -1.09. The predicted octanol–water partition coefficient (Wildman–Crippen LogP) is 2.90. The Morgan fingerprint density at radius 2 is 2.20 bits per heavy atom. The van der Waals surface area contributed by atoms with Gasteiger partial charge in [-0.05, 0) is 18.2 Å². The summed E-state index contributed by atoms with van der Waals surface area (Å²) < 4.78 is 11.1. The van der Waals surface area contributed by atoms with E-state index in [1.54, 1.807) is 12.1 Å². The topological polar surface area (TPSA) is 59.7 Å². The van der Waals surface area contributed by atoms with Crippen molar-refractivity contribution in [1.82, 2.24) is 0 Å². The molecule has 0 spiro atoms. The van der Waals surface area contributed by atoms with Crippen LogP contribution in [0.5, 0.6) is 5.75 Å². The van der Waals surface area contributed by atoms with Crippen LogP contribution in [0.4, 0.5) is 0 Å². The van der Waals surface area contributed by atoms with Crippen LogP contribution in [-0.4, -0.2) is 18.2 Å². The van der Waals surface area contributed by atoms with E-state index in [9.17, 15) is 4.79 Å². The monoisotopic (exact) mass is 270 g/mol. The first kappa shape index (κ1) is 10.0. The molecule has 0 atom stereocenters. The summed E-state index contributed by atoms with van der Waals surface area (Å²) in [7, 11) is 1.50. The highest BCUT2D eigenvalue weighted by atomic mass is 79.9. The molecule has 0 radical (unpaired) electrons. The van der Waals surface area contributed by atoms with Crippen LogP contribution in [0, 0.1) is 0 Å². The lowest BCUT2D eigenvalue weighted by Gasteiger charge is -2.00. The number of carboxylic acids is 1. The average Bonchev–Trinajstić information content (AvgIpc) is 2.59. The minimum absolute atomic E-state index is 0.0959. The Hall–Kier alpha value is -1.49. The lowest BCUT2D eigenvalue weighted by Crippen LogP contribution is -1.91. The van der Waals surface area contributed by atoms with Crippen LogP contribution in [0.3, 0.4) is 0 Å². The largest absolute Gasteiger partial charge is 0.493 e. The van der Waals surface area contributed by atoms with Gasteiger partial charge in [0.1, 0.15) is 0 Å². The second kappa shape index (κ2) is 3.58. The van der Waals surface area contributed by atoms with Crippen molar-refractivity contribution in [3.05, 3.63) is 28.4 Å². The molecule has 0 bridgehead atoms. The van der Waals surface area contributed by atoms with E-state index < -0.39 is 5.97 Å². The Kier molecular flexibility index (Phi) is 2.40. The molecule has 0 saturated heterocycles. The predicted molar refractivity (Wildman–Crippen MR) is 57.4 cm³/mol. The fraction of sp³-hybridized carbons (Fsp3) is 0.100. The van der Waals surface area contributed by atoms with Gasteiger partial charge in [0.25, 0.3) is 0 Å². The van der Waals surface area contributed by atoms with E-state index in [0.29, 0.717) is 16.7 Å². The Morgan fingerprint density at radius 3 is 2.80 bits per heavy atom. The van der Waals surface area contributed by atoms with Crippen LogP contribution in [0.1, 0.15) is 10.6 Å². The Balaban J connectivity index is 2.74. The average molecular weight is 271 g/mol. The first-order valence-corrected chi connectivity index (χ1v) is 4.91. The van der Waals surface area contributed by atoms with Crippen molar-refractivity contribution in [3.63, 3.8) is 0 Å². The Labute approximate surface area is 93.6 Å². The summed E-state index contributed by atoms with van der Waals surface area (Å²) in [5, 5.41) is 9.47. The molecule has 1 N–H and O–H groups in total. The SMILES string of the molecule is COc1cc(Br)cc2cc(C(=O)O)oc12. The van der Waals surface area contributed by atoms with Gasteiger partial charge in [-0.25, -0.2) is 4.79 Å². The third-order valence-electron chi connectivity index (χ3n) is 1.98. The van der Waals surface area contributed by atoms with Crippen molar-refractivity contribution in [2.45, 2.75) is 0 Å². The normalized spacial score (nSPS) is 10.5. The van der Waals surface area contributed by atoms with E-state index in [4.69, 9.17) is 14.3 Å². The molecule has 4 nitrogen and oxygen atoms in total. The number of halogens is 1. The summed E-state index contributed by atoms with van der Waals surface area (Å²) in [6.45, 7) is 0. The molecule has 1 heterocycles. The van der Waals surface area contributed by atoms with Gasteiger partial charge in [-0.15, -0.1) is 0 Å². The van der Waals surface area contributed by atoms with Gasteiger partial charge >= 0.3 is 5.97 Å². The summed E-state index contributed by atoms with van der Waals surface area (Å²) in [5.41, 5.74) is 0.443. The fourth-order valence-corrected chi connectivity index (χ4v) is 1.80. The highest BCUT2D eigenvalue weighted by molar-refractivity contribution is 9.10. The van der Waals surface area contributed by atoms with Gasteiger partial charge in [0.15, 0.2) is 11.3 Å². The third-order valence-corrected chi connectivity index (χ3v) is 2.44. The minimum Gasteiger partial charge on any atom is -0.493 e. The molecule has 2 rings (SSSR count). The van der Waals surface area contributed by atoms with Gasteiger partial charge in [0, 0.05) is 9.86 Å². The number of methoxy groups -OCH3 is 1. The molecule has 0 aliphatic rings. The van der Waals surface area contributed by atoms with Crippen LogP contribution >= 0.6 is 15.9 Å². The highest BCUT2D eigenvalue weighted by Gasteiger charge is 2.14. The Bertz CT molecular complexity index is 529. The summed E-state index contributed by atoms with van der Waals surface area (Å²) in [6, 6.07) is 4.95. The van der Waals surface area contributed by atoms with Gasteiger partial charge in [-0.3, -0.25) is 0 Å². The number of hydrogen-bond acceptors (Lipinski definition) is 3. The van der Waals surface area contributed by atoms with Crippen LogP contribution in [0.15, 0.2) is 27.1 Å². The van der Waals surface area contributed by atoms with Crippen molar-refractivity contribution >= 4 is 32.9 Å². The van der Waals surface area contributed by atoms with Gasteiger partial charge in [-0.2, -0.15) is 0 Å². The molecule has 0 aliphatic carbocycles. The molecule has 78 valence electrons. The van der Waals surface area contributed by atoms with E-state index in [0.717, 1.165) is 4.47 Å². The molecule has 1 aromatic heterocycles. The summed E-state index contributed by atoms with van der Waals surface area (Å²) in [6.07, 6.45) is 0. The lowest BCUT2D eigenvalue weighted by molar-refractivity contribution is 0.0665. The molecule has 15 heavy (non-hydrogen) atoms. The fourth-order valence-electron chi connectivity index (χ4n) is 1.34. The zero-order valence-electron chi connectivity index (χ0n) is 7.78. The number of fused-ring (bicyclic) bond motifs is 1. The van der Waals surface area contributed by atoms with Crippen LogP contribution in [-0.2, 0) is 0 Å². The molecule has 0 aliphatic heterocycles. The summed E-state index contributed by atoms with van der Waals surface area (Å²) >= 11 is 3.30. The molecule has 0 amide bonds. The van der Waals surface area contributed by atoms with Crippen molar-refractivity contribution in [2.24, 2.45) is 0 Å². The zero-order valence-corrected chi connectivity index (χ0v) is 9.37. The van der Waals surface area contributed by atoms with E-state index >= 15 is 0 Å². The molecule has 0 fully saturated rings. The molecular weight excluding hydrogens is 264 g/mol. The van der Waals surface area contributed by atoms with Gasteiger partial charge in [-0.1, -0.05) is 15.9 Å².